The molecule has 4 rings (SSSR count). The summed E-state index contributed by atoms with van der Waals surface area (Å²) < 4.78 is 5.28. The lowest BCUT2D eigenvalue weighted by molar-refractivity contribution is -0.113. The maximum absolute atomic E-state index is 12.5. The van der Waals surface area contributed by atoms with E-state index in [0.717, 1.165) is 11.3 Å². The second-order valence-corrected chi connectivity index (χ2v) is 7.34. The Morgan fingerprint density at radius 2 is 1.96 bits per heavy atom. The smallest absolute Gasteiger partial charge is 0.283 e. The van der Waals surface area contributed by atoms with Gasteiger partial charge in [-0.15, -0.1) is 11.8 Å². The van der Waals surface area contributed by atoms with Crippen molar-refractivity contribution >= 4 is 35.4 Å². The van der Waals surface area contributed by atoms with Crippen molar-refractivity contribution < 1.29 is 14.3 Å². The first-order chi connectivity index (χ1) is 12.7. The molecule has 1 fully saturated rings. The molecular weight excluding hydrogens is 348 g/mol. The van der Waals surface area contributed by atoms with Crippen LogP contribution >= 0.6 is 11.8 Å². The quantitative estimate of drug-likeness (QED) is 0.755. The molecule has 1 aromatic carbocycles. The maximum Gasteiger partial charge on any atom is 0.283 e. The van der Waals surface area contributed by atoms with Gasteiger partial charge in [0, 0.05) is 18.7 Å². The van der Waals surface area contributed by atoms with E-state index in [1.54, 1.807) is 17.0 Å². The van der Waals surface area contributed by atoms with E-state index in [1.807, 2.05) is 42.5 Å². The Kier molecular flexibility index (Phi) is 4.86. The molecule has 132 valence electrons. The summed E-state index contributed by atoms with van der Waals surface area (Å²) in [6.45, 7) is 2.42. The van der Waals surface area contributed by atoms with Crippen molar-refractivity contribution in [2.75, 3.05) is 26.3 Å². The normalized spacial score (nSPS) is 23.8. The minimum atomic E-state index is -0.213. The van der Waals surface area contributed by atoms with Crippen LogP contribution in [0, 0.1) is 0 Å². The van der Waals surface area contributed by atoms with Crippen LogP contribution in [0.5, 0.6) is 0 Å². The Morgan fingerprint density at radius 1 is 1.19 bits per heavy atom. The second kappa shape index (κ2) is 7.43. The fraction of sp³-hybridized carbons (Fsp3) is 0.250. The summed E-state index contributed by atoms with van der Waals surface area (Å²) in [6, 6.07) is 7.34. The van der Waals surface area contributed by atoms with E-state index in [4.69, 9.17) is 4.74 Å². The number of aliphatic imine (C=N–C) groups is 1. The van der Waals surface area contributed by atoms with E-state index in [1.165, 1.54) is 11.8 Å². The molecule has 2 heterocycles. The number of amides is 2. The standard InChI is InChI=1S/C20H18N2O3S/c23-19-18(26-17-4-2-1-3-16(17)21-19)13-14-5-7-15(8-6-14)20(24)22-9-11-25-12-10-22/h1-8,13,17H,9-12H2/b18-13+. The number of ether oxygens (including phenoxy) is 1. The zero-order valence-electron chi connectivity index (χ0n) is 14.1. The first-order valence-corrected chi connectivity index (χ1v) is 9.42. The van der Waals surface area contributed by atoms with E-state index in [0.29, 0.717) is 36.8 Å². The van der Waals surface area contributed by atoms with Crippen LogP contribution in [0.4, 0.5) is 0 Å². The lowest BCUT2D eigenvalue weighted by Gasteiger charge is -2.26. The number of hydrogen-bond donors (Lipinski definition) is 0. The fourth-order valence-corrected chi connectivity index (χ4v) is 4.04. The maximum atomic E-state index is 12.5. The first kappa shape index (κ1) is 17.0. The third-order valence-electron chi connectivity index (χ3n) is 4.40. The number of fused-ring (bicyclic) bond motifs is 1. The van der Waals surface area contributed by atoms with E-state index in [-0.39, 0.29) is 17.1 Å². The highest BCUT2D eigenvalue weighted by atomic mass is 32.2. The molecule has 6 heteroatoms. The van der Waals surface area contributed by atoms with Gasteiger partial charge in [-0.05, 0) is 29.8 Å². The number of rotatable bonds is 2. The van der Waals surface area contributed by atoms with Gasteiger partial charge in [0.25, 0.3) is 11.8 Å². The molecule has 1 atom stereocenters. The summed E-state index contributed by atoms with van der Waals surface area (Å²) in [4.78, 5) is 31.3. The molecule has 3 aliphatic rings. The largest absolute Gasteiger partial charge is 0.378 e. The third kappa shape index (κ3) is 3.57. The molecule has 0 saturated carbocycles. The Bertz CT molecular complexity index is 846. The lowest BCUT2D eigenvalue weighted by Crippen LogP contribution is -2.40. The molecule has 0 aromatic heterocycles. The lowest BCUT2D eigenvalue weighted by atomic mass is 10.1. The number of carbonyl (C=O) groups excluding carboxylic acids is 2. The molecule has 2 amide bonds. The number of carbonyl (C=O) groups is 2. The van der Waals surface area contributed by atoms with Crippen LogP contribution in [0.2, 0.25) is 0 Å². The van der Waals surface area contributed by atoms with E-state index < -0.39 is 0 Å². The van der Waals surface area contributed by atoms with Crippen LogP contribution in [0.3, 0.4) is 0 Å². The predicted molar refractivity (Wildman–Crippen MR) is 103 cm³/mol. The third-order valence-corrected chi connectivity index (χ3v) is 5.60. The molecule has 5 nitrogen and oxygen atoms in total. The highest BCUT2D eigenvalue weighted by Gasteiger charge is 2.25. The molecule has 26 heavy (non-hydrogen) atoms. The molecular formula is C20H18N2O3S. The summed E-state index contributed by atoms with van der Waals surface area (Å²) in [6.07, 6.45) is 9.60. The molecule has 1 aliphatic carbocycles. The van der Waals surface area contributed by atoms with Gasteiger partial charge in [-0.2, -0.15) is 0 Å². The highest BCUT2D eigenvalue weighted by Crippen LogP contribution is 2.32. The molecule has 1 aromatic rings. The number of allylic oxidation sites excluding steroid dienone is 3. The number of hydrogen-bond acceptors (Lipinski definition) is 4. The Morgan fingerprint density at radius 3 is 2.73 bits per heavy atom. The van der Waals surface area contributed by atoms with Crippen LogP contribution in [-0.4, -0.2) is 54.0 Å². The highest BCUT2D eigenvalue weighted by molar-refractivity contribution is 8.05. The van der Waals surface area contributed by atoms with Gasteiger partial charge in [0.05, 0.1) is 29.1 Å². The number of nitrogens with zero attached hydrogens (tertiary/aromatic N) is 2. The van der Waals surface area contributed by atoms with E-state index in [2.05, 4.69) is 4.99 Å². The predicted octanol–water partition coefficient (Wildman–Crippen LogP) is 2.71. The summed E-state index contributed by atoms with van der Waals surface area (Å²) >= 11 is 1.51. The van der Waals surface area contributed by atoms with Gasteiger partial charge >= 0.3 is 0 Å². The van der Waals surface area contributed by atoms with Crippen LogP contribution in [0.25, 0.3) is 6.08 Å². The van der Waals surface area contributed by atoms with Gasteiger partial charge in [0.15, 0.2) is 0 Å². The summed E-state index contributed by atoms with van der Waals surface area (Å²) in [7, 11) is 0. The molecule has 1 unspecified atom stereocenters. The minimum Gasteiger partial charge on any atom is -0.378 e. The topological polar surface area (TPSA) is 59.0 Å². The summed E-state index contributed by atoms with van der Waals surface area (Å²) in [5, 5.41) is 0.0890. The molecule has 0 radical (unpaired) electrons. The van der Waals surface area contributed by atoms with Crippen LogP contribution in [0.15, 0.2) is 58.5 Å². The fourth-order valence-electron chi connectivity index (χ4n) is 2.99. The Balaban J connectivity index is 1.50. The van der Waals surface area contributed by atoms with E-state index >= 15 is 0 Å². The van der Waals surface area contributed by atoms with Gasteiger partial charge in [-0.3, -0.25) is 9.59 Å². The number of benzene rings is 1. The Hall–Kier alpha value is -2.44. The van der Waals surface area contributed by atoms with Crippen molar-refractivity contribution in [1.29, 1.82) is 0 Å². The van der Waals surface area contributed by atoms with Crippen molar-refractivity contribution in [3.05, 3.63) is 64.6 Å². The van der Waals surface area contributed by atoms with Crippen LogP contribution < -0.4 is 0 Å². The zero-order chi connectivity index (χ0) is 17.9. The van der Waals surface area contributed by atoms with Crippen molar-refractivity contribution in [1.82, 2.24) is 4.90 Å². The summed E-state index contributed by atoms with van der Waals surface area (Å²) in [5.41, 5.74) is 2.33. The Labute approximate surface area is 156 Å². The second-order valence-electron chi connectivity index (χ2n) is 6.16. The van der Waals surface area contributed by atoms with Crippen molar-refractivity contribution in [3.63, 3.8) is 0 Å². The van der Waals surface area contributed by atoms with Gasteiger partial charge in [0.1, 0.15) is 0 Å². The van der Waals surface area contributed by atoms with Gasteiger partial charge in [-0.25, -0.2) is 4.99 Å². The monoisotopic (exact) mass is 366 g/mol. The first-order valence-electron chi connectivity index (χ1n) is 8.54. The van der Waals surface area contributed by atoms with Gasteiger partial charge in [-0.1, -0.05) is 30.4 Å². The van der Waals surface area contributed by atoms with Crippen molar-refractivity contribution in [3.8, 4) is 0 Å². The minimum absolute atomic E-state index is 0.0176. The van der Waals surface area contributed by atoms with E-state index in [9.17, 15) is 9.59 Å². The molecule has 2 aliphatic heterocycles. The van der Waals surface area contributed by atoms with Gasteiger partial charge in [0.2, 0.25) is 0 Å². The van der Waals surface area contributed by atoms with Crippen molar-refractivity contribution in [2.24, 2.45) is 4.99 Å². The average Bonchev–Trinajstić information content (AvgIpc) is 2.69. The van der Waals surface area contributed by atoms with Crippen molar-refractivity contribution in [2.45, 2.75) is 5.25 Å². The SMILES string of the molecule is O=C1N=C2C=CC=CC2S/C1=C/c1ccc(C(=O)N2CCOCC2)cc1. The van der Waals surface area contributed by atoms with Crippen LogP contribution in [-0.2, 0) is 9.53 Å². The number of morpholine rings is 1. The summed E-state index contributed by atoms with van der Waals surface area (Å²) in [5.74, 6) is -0.196. The molecule has 0 bridgehead atoms. The molecule has 1 saturated heterocycles. The van der Waals surface area contributed by atoms with Crippen LogP contribution in [0.1, 0.15) is 15.9 Å². The molecule has 0 N–H and O–H groups in total. The average molecular weight is 366 g/mol. The zero-order valence-corrected chi connectivity index (χ0v) is 14.9. The van der Waals surface area contributed by atoms with Gasteiger partial charge < -0.3 is 9.64 Å². The molecule has 0 spiro atoms. The number of thioether (sulfide) groups is 1.